The fourth-order valence-corrected chi connectivity index (χ4v) is 2.68. The molecular formula is C15H20F2N2O2. The molecule has 0 aliphatic carbocycles. The van der Waals surface area contributed by atoms with Gasteiger partial charge in [-0.3, -0.25) is 4.79 Å². The van der Waals surface area contributed by atoms with Gasteiger partial charge in [-0.2, -0.15) is 8.78 Å². The molecule has 1 heterocycles. The molecular weight excluding hydrogens is 278 g/mol. The first-order chi connectivity index (χ1) is 10.1. The summed E-state index contributed by atoms with van der Waals surface area (Å²) in [5.41, 5.74) is 6.06. The second kappa shape index (κ2) is 7.36. The zero-order valence-corrected chi connectivity index (χ0v) is 11.8. The molecule has 0 saturated carbocycles. The lowest BCUT2D eigenvalue weighted by Crippen LogP contribution is -2.40. The summed E-state index contributed by atoms with van der Waals surface area (Å²) >= 11 is 0. The van der Waals surface area contributed by atoms with E-state index in [2.05, 4.69) is 4.74 Å². The van der Waals surface area contributed by atoms with E-state index in [0.717, 1.165) is 25.8 Å². The number of nitrogens with two attached hydrogens (primary N) is 1. The summed E-state index contributed by atoms with van der Waals surface area (Å²) in [5, 5.41) is 0. The monoisotopic (exact) mass is 298 g/mol. The number of hydrogen-bond acceptors (Lipinski definition) is 3. The van der Waals surface area contributed by atoms with E-state index in [9.17, 15) is 13.6 Å². The van der Waals surface area contributed by atoms with Gasteiger partial charge in [-0.15, -0.1) is 0 Å². The van der Waals surface area contributed by atoms with E-state index in [4.69, 9.17) is 5.73 Å². The molecule has 0 bridgehead atoms. The predicted molar refractivity (Wildman–Crippen MR) is 75.4 cm³/mol. The summed E-state index contributed by atoms with van der Waals surface area (Å²) in [6, 6.07) is 5.82. The normalized spacial score (nSPS) is 18.9. The molecule has 1 amide bonds. The second-order valence-electron chi connectivity index (χ2n) is 5.24. The van der Waals surface area contributed by atoms with Crippen LogP contribution >= 0.6 is 0 Å². The molecule has 2 N–H and O–H groups in total. The highest BCUT2D eigenvalue weighted by molar-refractivity contribution is 5.94. The van der Waals surface area contributed by atoms with E-state index in [1.54, 1.807) is 0 Å². The van der Waals surface area contributed by atoms with E-state index >= 15 is 0 Å². The first-order valence-electron chi connectivity index (χ1n) is 7.14. The highest BCUT2D eigenvalue weighted by Gasteiger charge is 2.24. The van der Waals surface area contributed by atoms with Crippen LogP contribution in [-0.2, 0) is 0 Å². The summed E-state index contributed by atoms with van der Waals surface area (Å²) < 4.78 is 28.4. The van der Waals surface area contributed by atoms with Crippen molar-refractivity contribution < 1.29 is 18.3 Å². The van der Waals surface area contributed by atoms with Crippen molar-refractivity contribution in [2.75, 3.05) is 19.6 Å². The number of halogens is 2. The highest BCUT2D eigenvalue weighted by atomic mass is 19.3. The van der Waals surface area contributed by atoms with Crippen LogP contribution in [0.15, 0.2) is 24.3 Å². The Hall–Kier alpha value is -1.69. The summed E-state index contributed by atoms with van der Waals surface area (Å²) in [7, 11) is 0. The van der Waals surface area contributed by atoms with Gasteiger partial charge in [-0.05, 0) is 56.0 Å². The van der Waals surface area contributed by atoms with Gasteiger partial charge in [0.05, 0.1) is 0 Å². The summed E-state index contributed by atoms with van der Waals surface area (Å²) in [6.07, 6.45) is 3.00. The van der Waals surface area contributed by atoms with Gasteiger partial charge in [0.25, 0.3) is 5.91 Å². The number of ether oxygens (including phenoxy) is 1. The van der Waals surface area contributed by atoms with Crippen molar-refractivity contribution in [1.29, 1.82) is 0 Å². The molecule has 2 rings (SSSR count). The van der Waals surface area contributed by atoms with Gasteiger partial charge in [0.1, 0.15) is 5.75 Å². The van der Waals surface area contributed by atoms with Crippen LogP contribution in [0.2, 0.25) is 0 Å². The molecule has 1 aromatic carbocycles. The third-order valence-electron chi connectivity index (χ3n) is 3.71. The second-order valence-corrected chi connectivity index (χ2v) is 5.24. The zero-order valence-electron chi connectivity index (χ0n) is 11.8. The molecule has 1 unspecified atom stereocenters. The van der Waals surface area contributed by atoms with E-state index in [1.807, 2.05) is 4.90 Å². The Morgan fingerprint density at radius 2 is 2.10 bits per heavy atom. The number of nitrogens with zero attached hydrogens (tertiary/aromatic N) is 1. The molecule has 21 heavy (non-hydrogen) atoms. The van der Waals surface area contributed by atoms with Crippen LogP contribution in [0, 0.1) is 5.92 Å². The standard InChI is InChI=1S/C15H20F2N2O2/c16-15(17)21-13-5-3-12(4-6-13)14(20)19-9-1-2-11(10-19)7-8-18/h3-6,11,15H,1-2,7-10,18H2. The van der Waals surface area contributed by atoms with Crippen LogP contribution in [0.5, 0.6) is 5.75 Å². The number of benzene rings is 1. The van der Waals surface area contributed by atoms with E-state index in [0.29, 0.717) is 24.6 Å². The van der Waals surface area contributed by atoms with Gasteiger partial charge in [-0.1, -0.05) is 0 Å². The molecule has 1 saturated heterocycles. The predicted octanol–water partition coefficient (Wildman–Crippen LogP) is 2.49. The first-order valence-corrected chi connectivity index (χ1v) is 7.14. The maximum Gasteiger partial charge on any atom is 0.387 e. The SMILES string of the molecule is NCCC1CCCN(C(=O)c2ccc(OC(F)F)cc2)C1. The van der Waals surface area contributed by atoms with Gasteiger partial charge < -0.3 is 15.4 Å². The fraction of sp³-hybridized carbons (Fsp3) is 0.533. The van der Waals surface area contributed by atoms with Crippen molar-refractivity contribution in [1.82, 2.24) is 4.90 Å². The Balaban J connectivity index is 1.98. The van der Waals surface area contributed by atoms with Gasteiger partial charge in [-0.25, -0.2) is 0 Å². The molecule has 1 aliphatic heterocycles. The maximum absolute atomic E-state index is 12.4. The van der Waals surface area contributed by atoms with E-state index in [1.165, 1.54) is 24.3 Å². The number of likely N-dealkylation sites (tertiary alicyclic amines) is 1. The lowest BCUT2D eigenvalue weighted by Gasteiger charge is -2.32. The molecule has 1 fully saturated rings. The van der Waals surface area contributed by atoms with Crippen molar-refractivity contribution in [2.45, 2.75) is 25.9 Å². The number of hydrogen-bond donors (Lipinski definition) is 1. The topological polar surface area (TPSA) is 55.6 Å². The fourth-order valence-electron chi connectivity index (χ4n) is 2.68. The number of rotatable bonds is 5. The smallest absolute Gasteiger partial charge is 0.387 e. The minimum atomic E-state index is -2.86. The van der Waals surface area contributed by atoms with Crippen LogP contribution in [0.1, 0.15) is 29.6 Å². The van der Waals surface area contributed by atoms with Crippen molar-refractivity contribution in [2.24, 2.45) is 11.7 Å². The Morgan fingerprint density at radius 1 is 1.38 bits per heavy atom. The van der Waals surface area contributed by atoms with Crippen molar-refractivity contribution in [3.05, 3.63) is 29.8 Å². The Morgan fingerprint density at radius 3 is 2.71 bits per heavy atom. The van der Waals surface area contributed by atoms with Gasteiger partial charge in [0.2, 0.25) is 0 Å². The summed E-state index contributed by atoms with van der Waals surface area (Å²) in [5.74, 6) is 0.440. The van der Waals surface area contributed by atoms with Crippen LogP contribution in [0.3, 0.4) is 0 Å². The molecule has 1 atom stereocenters. The average molecular weight is 298 g/mol. The van der Waals surface area contributed by atoms with E-state index in [-0.39, 0.29) is 11.7 Å². The largest absolute Gasteiger partial charge is 0.435 e. The van der Waals surface area contributed by atoms with Crippen LogP contribution in [-0.4, -0.2) is 37.1 Å². The zero-order chi connectivity index (χ0) is 15.2. The third-order valence-corrected chi connectivity index (χ3v) is 3.71. The van der Waals surface area contributed by atoms with Gasteiger partial charge in [0.15, 0.2) is 0 Å². The molecule has 116 valence electrons. The summed E-state index contributed by atoms with van der Waals surface area (Å²) in [4.78, 5) is 14.2. The maximum atomic E-state index is 12.4. The molecule has 1 aliphatic rings. The van der Waals surface area contributed by atoms with Gasteiger partial charge >= 0.3 is 6.61 Å². The Labute approximate surface area is 122 Å². The lowest BCUT2D eigenvalue weighted by molar-refractivity contribution is -0.0498. The molecule has 0 spiro atoms. The van der Waals surface area contributed by atoms with Crippen LogP contribution in [0.4, 0.5) is 8.78 Å². The molecule has 1 aromatic rings. The summed E-state index contributed by atoms with van der Waals surface area (Å²) in [6.45, 7) is -0.780. The lowest BCUT2D eigenvalue weighted by atomic mass is 9.94. The Bertz CT molecular complexity index is 463. The number of piperidine rings is 1. The number of amides is 1. The first kappa shape index (κ1) is 15.7. The van der Waals surface area contributed by atoms with Crippen molar-refractivity contribution in [3.63, 3.8) is 0 Å². The quantitative estimate of drug-likeness (QED) is 0.908. The average Bonchev–Trinajstić information content (AvgIpc) is 2.47. The molecule has 6 heteroatoms. The van der Waals surface area contributed by atoms with Crippen LogP contribution < -0.4 is 10.5 Å². The number of carbonyl (C=O) groups is 1. The number of alkyl halides is 2. The number of carbonyl (C=O) groups excluding carboxylic acids is 1. The third kappa shape index (κ3) is 4.39. The highest BCUT2D eigenvalue weighted by Crippen LogP contribution is 2.22. The van der Waals surface area contributed by atoms with E-state index < -0.39 is 6.61 Å². The van der Waals surface area contributed by atoms with Crippen molar-refractivity contribution >= 4 is 5.91 Å². The van der Waals surface area contributed by atoms with Gasteiger partial charge in [0, 0.05) is 18.7 Å². The van der Waals surface area contributed by atoms with Crippen LogP contribution in [0.25, 0.3) is 0 Å². The molecule has 4 nitrogen and oxygen atoms in total. The molecule has 0 aromatic heterocycles. The minimum absolute atomic E-state index is 0.0567. The minimum Gasteiger partial charge on any atom is -0.435 e. The molecule has 0 radical (unpaired) electrons. The van der Waals surface area contributed by atoms with Crippen molar-refractivity contribution in [3.8, 4) is 5.75 Å². The Kier molecular flexibility index (Phi) is 5.50.